The van der Waals surface area contributed by atoms with Gasteiger partial charge in [-0.25, -0.2) is 9.67 Å². The van der Waals surface area contributed by atoms with Crippen molar-refractivity contribution in [3.8, 4) is 0 Å². The number of nitrogens with two attached hydrogens (primary N) is 1. The minimum absolute atomic E-state index is 0. The molecule has 0 aliphatic heterocycles. The molecule has 0 bridgehead atoms. The lowest BCUT2D eigenvalue weighted by molar-refractivity contribution is -0.121. The fourth-order valence-corrected chi connectivity index (χ4v) is 3.10. The summed E-state index contributed by atoms with van der Waals surface area (Å²) in [4.78, 5) is 16.3. The van der Waals surface area contributed by atoms with Crippen LogP contribution in [0.4, 0.5) is 5.69 Å². The Morgan fingerprint density at radius 1 is 1.21 bits per heavy atom. The molecular formula is C17H24ClN5O. The van der Waals surface area contributed by atoms with Crippen molar-refractivity contribution >= 4 is 24.0 Å². The number of aromatic nitrogens is 3. The van der Waals surface area contributed by atoms with Crippen LogP contribution in [0.2, 0.25) is 0 Å². The standard InChI is InChI=1S/C17H23N5O.ClH/c18-9-13-1-5-15(6-2-13)17(23)21-16-7-3-14(4-8-16)10-22-12-19-11-20-22;/h3-4,7-8,11-13,15H,1-2,5-6,9-10,18H2,(H,21,23);1H. The second kappa shape index (κ2) is 8.80. The quantitative estimate of drug-likeness (QED) is 0.868. The van der Waals surface area contributed by atoms with Crippen molar-refractivity contribution in [1.29, 1.82) is 0 Å². The molecule has 1 aromatic heterocycles. The SMILES string of the molecule is Cl.NCC1CCC(C(=O)Nc2ccc(Cn3cncn3)cc2)CC1. The van der Waals surface area contributed by atoms with Crippen LogP contribution in [0, 0.1) is 11.8 Å². The fraction of sp³-hybridized carbons (Fsp3) is 0.471. The number of hydrogen-bond donors (Lipinski definition) is 2. The summed E-state index contributed by atoms with van der Waals surface area (Å²) in [6, 6.07) is 7.89. The van der Waals surface area contributed by atoms with Crippen molar-refractivity contribution in [1.82, 2.24) is 14.8 Å². The van der Waals surface area contributed by atoms with Crippen molar-refractivity contribution in [2.75, 3.05) is 11.9 Å². The van der Waals surface area contributed by atoms with Crippen molar-refractivity contribution in [2.24, 2.45) is 17.6 Å². The molecule has 1 aliphatic rings. The third-order valence-electron chi connectivity index (χ3n) is 4.58. The van der Waals surface area contributed by atoms with Crippen LogP contribution < -0.4 is 11.1 Å². The number of anilines is 1. The molecule has 0 atom stereocenters. The van der Waals surface area contributed by atoms with Gasteiger partial charge in [0, 0.05) is 11.6 Å². The highest BCUT2D eigenvalue weighted by Crippen LogP contribution is 2.29. The molecule has 1 aromatic carbocycles. The van der Waals surface area contributed by atoms with Gasteiger partial charge >= 0.3 is 0 Å². The Morgan fingerprint density at radius 3 is 2.50 bits per heavy atom. The molecule has 2 aromatic rings. The van der Waals surface area contributed by atoms with E-state index in [9.17, 15) is 4.79 Å². The van der Waals surface area contributed by atoms with Gasteiger partial charge in [0.05, 0.1) is 6.54 Å². The summed E-state index contributed by atoms with van der Waals surface area (Å²) in [6.07, 6.45) is 7.22. The van der Waals surface area contributed by atoms with E-state index in [1.54, 1.807) is 11.0 Å². The predicted octanol–water partition coefficient (Wildman–Crippen LogP) is 2.45. The van der Waals surface area contributed by atoms with Crippen molar-refractivity contribution in [2.45, 2.75) is 32.2 Å². The molecule has 1 amide bonds. The first kappa shape index (κ1) is 18.4. The molecule has 1 aliphatic carbocycles. The maximum atomic E-state index is 12.3. The summed E-state index contributed by atoms with van der Waals surface area (Å²) >= 11 is 0. The van der Waals surface area contributed by atoms with E-state index in [4.69, 9.17) is 5.73 Å². The number of rotatable bonds is 5. The molecule has 3 N–H and O–H groups in total. The van der Waals surface area contributed by atoms with E-state index < -0.39 is 0 Å². The van der Waals surface area contributed by atoms with Gasteiger partial charge in [-0.15, -0.1) is 12.4 Å². The molecule has 24 heavy (non-hydrogen) atoms. The van der Waals surface area contributed by atoms with Crippen LogP contribution in [0.15, 0.2) is 36.9 Å². The van der Waals surface area contributed by atoms with Crippen LogP contribution in [0.1, 0.15) is 31.2 Å². The van der Waals surface area contributed by atoms with E-state index in [0.717, 1.165) is 43.5 Å². The van der Waals surface area contributed by atoms with Crippen molar-refractivity contribution < 1.29 is 4.79 Å². The van der Waals surface area contributed by atoms with Crippen LogP contribution >= 0.6 is 12.4 Å². The molecule has 1 saturated carbocycles. The maximum Gasteiger partial charge on any atom is 0.227 e. The monoisotopic (exact) mass is 349 g/mol. The van der Waals surface area contributed by atoms with Gasteiger partial charge in [0.25, 0.3) is 0 Å². The van der Waals surface area contributed by atoms with Gasteiger partial charge in [0.15, 0.2) is 0 Å². The largest absolute Gasteiger partial charge is 0.330 e. The van der Waals surface area contributed by atoms with Gasteiger partial charge < -0.3 is 11.1 Å². The summed E-state index contributed by atoms with van der Waals surface area (Å²) in [7, 11) is 0. The average molecular weight is 350 g/mol. The van der Waals surface area contributed by atoms with Gasteiger partial charge in [-0.1, -0.05) is 12.1 Å². The van der Waals surface area contributed by atoms with Gasteiger partial charge in [-0.3, -0.25) is 4.79 Å². The third kappa shape index (κ3) is 4.79. The van der Waals surface area contributed by atoms with E-state index >= 15 is 0 Å². The highest BCUT2D eigenvalue weighted by Gasteiger charge is 2.25. The summed E-state index contributed by atoms with van der Waals surface area (Å²) in [5, 5.41) is 7.11. The Kier molecular flexibility index (Phi) is 6.75. The van der Waals surface area contributed by atoms with Gasteiger partial charge in [0.2, 0.25) is 5.91 Å². The lowest BCUT2D eigenvalue weighted by atomic mass is 9.81. The highest BCUT2D eigenvalue weighted by molar-refractivity contribution is 5.92. The molecule has 0 unspecified atom stereocenters. The molecule has 0 radical (unpaired) electrons. The van der Waals surface area contributed by atoms with Crippen molar-refractivity contribution in [3.05, 3.63) is 42.5 Å². The fourth-order valence-electron chi connectivity index (χ4n) is 3.10. The van der Waals surface area contributed by atoms with Gasteiger partial charge in [-0.2, -0.15) is 5.10 Å². The Balaban J connectivity index is 0.00000208. The normalized spacial score (nSPS) is 20.2. The van der Waals surface area contributed by atoms with E-state index in [0.29, 0.717) is 12.5 Å². The molecule has 0 saturated heterocycles. The van der Waals surface area contributed by atoms with Crippen LogP contribution in [0.5, 0.6) is 0 Å². The molecule has 3 rings (SSSR count). The minimum Gasteiger partial charge on any atom is -0.330 e. The molecular weight excluding hydrogens is 326 g/mol. The summed E-state index contributed by atoms with van der Waals surface area (Å²) < 4.78 is 1.77. The molecule has 6 nitrogen and oxygen atoms in total. The lowest BCUT2D eigenvalue weighted by Gasteiger charge is -2.26. The minimum atomic E-state index is 0. The number of benzene rings is 1. The smallest absolute Gasteiger partial charge is 0.227 e. The van der Waals surface area contributed by atoms with Crippen molar-refractivity contribution in [3.63, 3.8) is 0 Å². The molecule has 0 spiro atoms. The maximum absolute atomic E-state index is 12.3. The average Bonchev–Trinajstić information content (AvgIpc) is 3.10. The lowest BCUT2D eigenvalue weighted by Crippen LogP contribution is -2.29. The summed E-state index contributed by atoms with van der Waals surface area (Å²) in [5.41, 5.74) is 7.67. The molecule has 130 valence electrons. The number of hydrogen-bond acceptors (Lipinski definition) is 4. The third-order valence-corrected chi connectivity index (χ3v) is 4.58. The molecule has 7 heteroatoms. The van der Waals surface area contributed by atoms with Crippen LogP contribution in [-0.4, -0.2) is 27.2 Å². The Morgan fingerprint density at radius 2 is 1.92 bits per heavy atom. The number of carbonyl (C=O) groups excluding carboxylic acids is 1. The predicted molar refractivity (Wildman–Crippen MR) is 95.9 cm³/mol. The van der Waals surface area contributed by atoms with Crippen LogP contribution in [-0.2, 0) is 11.3 Å². The van der Waals surface area contributed by atoms with E-state index in [2.05, 4.69) is 15.4 Å². The number of carbonyl (C=O) groups is 1. The zero-order valence-electron chi connectivity index (χ0n) is 13.6. The Hall–Kier alpha value is -1.92. The first-order valence-electron chi connectivity index (χ1n) is 8.17. The topological polar surface area (TPSA) is 85.8 Å². The zero-order chi connectivity index (χ0) is 16.1. The van der Waals surface area contributed by atoms with E-state index in [1.165, 1.54) is 6.33 Å². The first-order chi connectivity index (χ1) is 11.2. The summed E-state index contributed by atoms with van der Waals surface area (Å²) in [5.74, 6) is 0.840. The zero-order valence-corrected chi connectivity index (χ0v) is 14.4. The van der Waals surface area contributed by atoms with E-state index in [1.807, 2.05) is 24.3 Å². The molecule has 1 heterocycles. The second-order valence-electron chi connectivity index (χ2n) is 6.23. The number of amides is 1. The van der Waals surface area contributed by atoms with Gasteiger partial charge in [0.1, 0.15) is 12.7 Å². The Bertz CT molecular complexity index is 621. The molecule has 1 fully saturated rings. The number of halogens is 1. The number of nitrogens with one attached hydrogen (secondary N) is 1. The highest BCUT2D eigenvalue weighted by atomic mass is 35.5. The second-order valence-corrected chi connectivity index (χ2v) is 6.23. The van der Waals surface area contributed by atoms with Crippen LogP contribution in [0.3, 0.4) is 0 Å². The first-order valence-corrected chi connectivity index (χ1v) is 8.17. The van der Waals surface area contributed by atoms with Gasteiger partial charge in [-0.05, 0) is 55.8 Å². The Labute approximate surface area is 148 Å². The summed E-state index contributed by atoms with van der Waals surface area (Å²) in [6.45, 7) is 1.42. The van der Waals surface area contributed by atoms with Crippen LogP contribution in [0.25, 0.3) is 0 Å². The van der Waals surface area contributed by atoms with E-state index in [-0.39, 0.29) is 24.2 Å². The number of nitrogens with zero attached hydrogens (tertiary/aromatic N) is 3.